The Balaban J connectivity index is 1.20. The van der Waals surface area contributed by atoms with Crippen molar-refractivity contribution in [3.05, 3.63) is 231 Å². The molecule has 0 amide bonds. The Kier molecular flexibility index (Phi) is 6.09. The van der Waals surface area contributed by atoms with Gasteiger partial charge in [0.2, 0.25) is 0 Å². The Labute approximate surface area is 332 Å². The lowest BCUT2D eigenvalue weighted by molar-refractivity contribution is 0.662. The van der Waals surface area contributed by atoms with Gasteiger partial charge in [-0.2, -0.15) is 0 Å². The summed E-state index contributed by atoms with van der Waals surface area (Å²) >= 11 is 3.85. The van der Waals surface area contributed by atoms with Crippen molar-refractivity contribution in [3.63, 3.8) is 0 Å². The average Bonchev–Trinajstić information content (AvgIpc) is 4.09. The first-order chi connectivity index (χ1) is 27.8. The van der Waals surface area contributed by atoms with Crippen LogP contribution < -0.4 is 4.90 Å². The van der Waals surface area contributed by atoms with Crippen LogP contribution in [-0.4, -0.2) is 0 Å². The number of anilines is 3. The summed E-state index contributed by atoms with van der Waals surface area (Å²) in [5.74, 6) is 0. The topological polar surface area (TPSA) is 16.4 Å². The Morgan fingerprint density at radius 2 is 0.964 bits per heavy atom. The maximum Gasteiger partial charge on any atom is 0.159 e. The van der Waals surface area contributed by atoms with Gasteiger partial charge in [0.25, 0.3) is 0 Å². The van der Waals surface area contributed by atoms with Crippen LogP contribution in [0.5, 0.6) is 0 Å². The molecular formula is C52H31NOS2. The summed E-state index contributed by atoms with van der Waals surface area (Å²) < 4.78 is 6.79. The van der Waals surface area contributed by atoms with Crippen LogP contribution in [0.3, 0.4) is 0 Å². The van der Waals surface area contributed by atoms with E-state index in [1.54, 1.807) is 0 Å². The lowest BCUT2D eigenvalue weighted by Crippen LogP contribution is -2.41. The number of hydrogen-bond acceptors (Lipinski definition) is 4. The lowest BCUT2D eigenvalue weighted by Gasteiger charge is -2.45. The minimum absolute atomic E-state index is 0.494. The van der Waals surface area contributed by atoms with Gasteiger partial charge >= 0.3 is 0 Å². The summed E-state index contributed by atoms with van der Waals surface area (Å²) in [5, 5.41) is 5.75. The van der Waals surface area contributed by atoms with Crippen LogP contribution in [0.2, 0.25) is 0 Å². The van der Waals surface area contributed by atoms with Crippen molar-refractivity contribution in [1.29, 1.82) is 0 Å². The van der Waals surface area contributed by atoms with E-state index in [0.29, 0.717) is 0 Å². The van der Waals surface area contributed by atoms with Gasteiger partial charge in [0.15, 0.2) is 5.58 Å². The first kappa shape index (κ1) is 30.8. The molecule has 3 aliphatic rings. The molecule has 3 heterocycles. The van der Waals surface area contributed by atoms with E-state index in [1.807, 2.05) is 22.7 Å². The molecule has 0 bridgehead atoms. The van der Waals surface area contributed by atoms with Gasteiger partial charge in [-0.15, -0.1) is 22.7 Å². The molecule has 13 rings (SSSR count). The monoisotopic (exact) mass is 749 g/mol. The predicted molar refractivity (Wildman–Crippen MR) is 232 cm³/mol. The van der Waals surface area contributed by atoms with E-state index in [1.165, 1.54) is 65.4 Å². The maximum absolute atomic E-state index is 6.79. The van der Waals surface area contributed by atoms with Crippen LogP contribution >= 0.6 is 22.7 Å². The van der Waals surface area contributed by atoms with Gasteiger partial charge in [0, 0.05) is 26.2 Å². The SMILES string of the molecule is c1ccc(N(c2cc3c(s2)C2(c4ccccc4-c4ccccc42)c2ccsc2C32c3ccccc3-c3ccccc32)c2cccc3c2oc2ccccc23)cc1. The molecule has 2 spiro atoms. The van der Waals surface area contributed by atoms with Crippen LogP contribution in [0.1, 0.15) is 43.1 Å². The van der Waals surface area contributed by atoms with Gasteiger partial charge in [-0.1, -0.05) is 146 Å². The zero-order chi connectivity index (χ0) is 36.6. The third-order valence-corrected chi connectivity index (χ3v) is 14.9. The van der Waals surface area contributed by atoms with Gasteiger partial charge in [-0.25, -0.2) is 0 Å². The zero-order valence-corrected chi connectivity index (χ0v) is 31.7. The highest BCUT2D eigenvalue weighted by Gasteiger charge is 2.61. The number of nitrogens with zero attached hydrogens (tertiary/aromatic N) is 1. The molecule has 0 atom stereocenters. The van der Waals surface area contributed by atoms with Crippen LogP contribution in [0, 0.1) is 0 Å². The fourth-order valence-corrected chi connectivity index (χ4v) is 13.3. The van der Waals surface area contributed by atoms with Gasteiger partial charge in [0.1, 0.15) is 10.6 Å². The third kappa shape index (κ3) is 3.62. The molecule has 0 N–H and O–H groups in total. The van der Waals surface area contributed by atoms with Gasteiger partial charge in [-0.05, 0) is 97.4 Å². The van der Waals surface area contributed by atoms with E-state index in [4.69, 9.17) is 4.42 Å². The molecule has 0 saturated carbocycles. The molecule has 0 fully saturated rings. The normalized spacial score (nSPS) is 14.7. The molecule has 0 aliphatic heterocycles. The van der Waals surface area contributed by atoms with E-state index in [9.17, 15) is 0 Å². The van der Waals surface area contributed by atoms with E-state index in [0.717, 1.165) is 38.3 Å². The van der Waals surface area contributed by atoms with Gasteiger partial charge in [0.05, 0.1) is 16.5 Å². The molecule has 0 unspecified atom stereocenters. The van der Waals surface area contributed by atoms with Crippen molar-refractivity contribution in [2.45, 2.75) is 10.8 Å². The predicted octanol–water partition coefficient (Wildman–Crippen LogP) is 14.2. The Morgan fingerprint density at radius 1 is 0.429 bits per heavy atom. The molecule has 0 saturated heterocycles. The fourth-order valence-electron chi connectivity index (χ4n) is 10.6. The molecule has 3 aromatic heterocycles. The number of fused-ring (bicyclic) bond motifs is 19. The molecule has 262 valence electrons. The van der Waals surface area contributed by atoms with Crippen molar-refractivity contribution in [2.75, 3.05) is 4.90 Å². The summed E-state index contributed by atoms with van der Waals surface area (Å²) in [6.07, 6.45) is 0. The second-order valence-electron chi connectivity index (χ2n) is 15.1. The van der Waals surface area contributed by atoms with Crippen molar-refractivity contribution in [2.24, 2.45) is 0 Å². The highest BCUT2D eigenvalue weighted by molar-refractivity contribution is 7.17. The second-order valence-corrected chi connectivity index (χ2v) is 17.0. The summed E-state index contributed by atoms with van der Waals surface area (Å²) in [4.78, 5) is 5.23. The Hall–Kier alpha value is -6.46. The molecular weight excluding hydrogens is 719 g/mol. The van der Waals surface area contributed by atoms with E-state index in [2.05, 4.69) is 192 Å². The average molecular weight is 750 g/mol. The van der Waals surface area contributed by atoms with Crippen LogP contribution in [-0.2, 0) is 10.8 Å². The molecule has 7 aromatic carbocycles. The Bertz CT molecular complexity index is 3010. The molecule has 3 aliphatic carbocycles. The highest BCUT2D eigenvalue weighted by Crippen LogP contribution is 2.70. The standard InChI is InChI=1S/C52H31NOS2/c1-2-15-32(16-3-1)53(45-27-14-22-38-37-21-8-13-28-46(37)54-48(38)45)47-31-44-50(56-47)51(39-23-9-4-17-33(39)34-18-5-10-24-40(34)51)43-29-30-55-49(43)52(44)41-25-11-6-19-35(41)36-20-7-12-26-42(36)52/h1-31H. The highest BCUT2D eigenvalue weighted by atomic mass is 32.1. The second kappa shape index (κ2) is 11.1. The van der Waals surface area contributed by atoms with Crippen LogP contribution in [0.25, 0.3) is 44.2 Å². The minimum atomic E-state index is -0.494. The smallest absolute Gasteiger partial charge is 0.159 e. The zero-order valence-electron chi connectivity index (χ0n) is 30.1. The number of para-hydroxylation sites is 3. The number of hydrogen-bond donors (Lipinski definition) is 0. The number of benzene rings is 7. The van der Waals surface area contributed by atoms with Crippen molar-refractivity contribution in [3.8, 4) is 22.3 Å². The van der Waals surface area contributed by atoms with Crippen LogP contribution in [0.4, 0.5) is 16.4 Å². The first-order valence-corrected chi connectivity index (χ1v) is 20.9. The summed E-state index contributed by atoms with van der Waals surface area (Å²) in [6.45, 7) is 0. The third-order valence-electron chi connectivity index (χ3n) is 12.6. The summed E-state index contributed by atoms with van der Waals surface area (Å²) in [7, 11) is 0. The molecule has 0 radical (unpaired) electrons. The van der Waals surface area contributed by atoms with Crippen molar-refractivity contribution < 1.29 is 4.42 Å². The van der Waals surface area contributed by atoms with Gasteiger partial charge < -0.3 is 4.42 Å². The summed E-state index contributed by atoms with van der Waals surface area (Å²) in [5.41, 5.74) is 16.4. The largest absolute Gasteiger partial charge is 0.454 e. The van der Waals surface area contributed by atoms with Gasteiger partial charge in [-0.3, -0.25) is 4.90 Å². The molecule has 2 nitrogen and oxygen atoms in total. The Morgan fingerprint density at radius 3 is 1.61 bits per heavy atom. The van der Waals surface area contributed by atoms with E-state index in [-0.39, 0.29) is 0 Å². The van der Waals surface area contributed by atoms with Crippen molar-refractivity contribution >= 4 is 61.0 Å². The maximum atomic E-state index is 6.79. The lowest BCUT2D eigenvalue weighted by atomic mass is 9.58. The fraction of sp³-hybridized carbons (Fsp3) is 0.0385. The minimum Gasteiger partial charge on any atom is -0.454 e. The number of furan rings is 1. The molecule has 10 aromatic rings. The number of thiophene rings is 2. The van der Waals surface area contributed by atoms with E-state index >= 15 is 0 Å². The van der Waals surface area contributed by atoms with E-state index < -0.39 is 10.8 Å². The van der Waals surface area contributed by atoms with Crippen LogP contribution in [0.15, 0.2) is 192 Å². The number of rotatable bonds is 3. The molecule has 4 heteroatoms. The van der Waals surface area contributed by atoms with Crippen molar-refractivity contribution in [1.82, 2.24) is 0 Å². The summed E-state index contributed by atoms with van der Waals surface area (Å²) in [6, 6.07) is 67.4. The molecule has 56 heavy (non-hydrogen) atoms. The quantitative estimate of drug-likeness (QED) is 0.179. The first-order valence-electron chi connectivity index (χ1n) is 19.2.